The Hall–Kier alpha value is -3.55. The van der Waals surface area contributed by atoms with Gasteiger partial charge in [-0.05, 0) is 71.9 Å². The first-order valence-electron chi connectivity index (χ1n) is 13.3. The Labute approximate surface area is 232 Å². The molecule has 4 rings (SSSR count). The summed E-state index contributed by atoms with van der Waals surface area (Å²) in [6.07, 6.45) is 1.78. The van der Waals surface area contributed by atoms with E-state index in [4.69, 9.17) is 0 Å². The molecule has 1 N–H and O–H groups in total. The van der Waals surface area contributed by atoms with Crippen molar-refractivity contribution in [1.82, 2.24) is 14.6 Å². The number of carbonyl (C=O) groups is 1. The topological polar surface area (TPSA) is 79.4 Å². The summed E-state index contributed by atoms with van der Waals surface area (Å²) in [5, 5.41) is 1.07. The van der Waals surface area contributed by atoms with Gasteiger partial charge in [0.2, 0.25) is 5.91 Å². The van der Waals surface area contributed by atoms with Gasteiger partial charge in [-0.1, -0.05) is 76.2 Å². The zero-order valence-electron chi connectivity index (χ0n) is 23.5. The fourth-order valence-corrected chi connectivity index (χ4v) is 5.97. The van der Waals surface area contributed by atoms with Crippen LogP contribution in [0, 0.1) is 0 Å². The van der Waals surface area contributed by atoms with E-state index in [1.165, 1.54) is 0 Å². The third-order valence-corrected chi connectivity index (χ3v) is 8.21. The molecule has 0 aliphatic heterocycles. The first-order chi connectivity index (χ1) is 18.5. The number of carbonyl (C=O) groups excluding carboxylic acids is 1. The summed E-state index contributed by atoms with van der Waals surface area (Å²) in [5.74, 6) is -0.279. The number of nitrogens with one attached hydrogen (secondary N) is 1. The van der Waals surface area contributed by atoms with Crippen LogP contribution in [-0.4, -0.2) is 38.3 Å². The van der Waals surface area contributed by atoms with Crippen molar-refractivity contribution < 1.29 is 13.2 Å². The van der Waals surface area contributed by atoms with Crippen molar-refractivity contribution >= 4 is 26.8 Å². The number of nitrogens with zero attached hydrogens (tertiary/aromatic N) is 2. The number of rotatable bonds is 9. The van der Waals surface area contributed by atoms with Gasteiger partial charge in [0.1, 0.15) is 0 Å². The molecule has 1 amide bonds. The fourth-order valence-electron chi connectivity index (χ4n) is 4.99. The van der Waals surface area contributed by atoms with Gasteiger partial charge in [0.25, 0.3) is 10.0 Å². The second kappa shape index (κ2) is 11.7. The summed E-state index contributed by atoms with van der Waals surface area (Å²) < 4.78 is 28.3. The number of benzene rings is 3. The molecule has 0 saturated carbocycles. The minimum absolute atomic E-state index is 0.0208. The second-order valence-electron chi connectivity index (χ2n) is 10.9. The van der Waals surface area contributed by atoms with Gasteiger partial charge >= 0.3 is 0 Å². The van der Waals surface area contributed by atoms with Crippen molar-refractivity contribution in [3.63, 3.8) is 0 Å². The fraction of sp³-hybridized carbons (Fsp3) is 0.312. The van der Waals surface area contributed by atoms with Crippen LogP contribution in [0.2, 0.25) is 0 Å². The van der Waals surface area contributed by atoms with Gasteiger partial charge in [-0.2, -0.15) is 0 Å². The smallest absolute Gasteiger partial charge is 0.264 e. The molecule has 0 bridgehead atoms. The van der Waals surface area contributed by atoms with Crippen LogP contribution in [-0.2, 0) is 27.8 Å². The Morgan fingerprint density at radius 3 is 2.10 bits per heavy atom. The quantitative estimate of drug-likeness (QED) is 0.270. The van der Waals surface area contributed by atoms with Gasteiger partial charge < -0.3 is 4.90 Å². The van der Waals surface area contributed by atoms with E-state index in [9.17, 15) is 13.2 Å². The van der Waals surface area contributed by atoms with E-state index in [2.05, 4.69) is 55.6 Å². The van der Waals surface area contributed by atoms with Crippen LogP contribution in [0.5, 0.6) is 0 Å². The van der Waals surface area contributed by atoms with E-state index >= 15 is 0 Å². The van der Waals surface area contributed by atoms with Crippen LogP contribution in [0.25, 0.3) is 22.0 Å². The van der Waals surface area contributed by atoms with Crippen LogP contribution >= 0.6 is 0 Å². The number of fused-ring (bicyclic) bond motifs is 1. The highest BCUT2D eigenvalue weighted by Gasteiger charge is 2.23. The summed E-state index contributed by atoms with van der Waals surface area (Å²) in [6, 6.07) is 21.0. The maximum atomic E-state index is 13.2. The molecular formula is C32H37N3O3S. The largest absolute Gasteiger partial charge is 0.305 e. The molecule has 0 aliphatic rings. The summed E-state index contributed by atoms with van der Waals surface area (Å²) in [7, 11) is -0.0848. The van der Waals surface area contributed by atoms with Crippen molar-refractivity contribution in [2.75, 3.05) is 14.1 Å². The average molecular weight is 544 g/mol. The lowest BCUT2D eigenvalue weighted by molar-refractivity contribution is -0.118. The molecule has 1 aromatic heterocycles. The molecule has 0 aliphatic carbocycles. The van der Waals surface area contributed by atoms with E-state index in [-0.39, 0.29) is 23.2 Å². The zero-order valence-corrected chi connectivity index (χ0v) is 24.3. The Morgan fingerprint density at radius 1 is 0.897 bits per heavy atom. The van der Waals surface area contributed by atoms with E-state index in [1.54, 1.807) is 30.5 Å². The number of sulfonamides is 1. The highest BCUT2D eigenvalue weighted by molar-refractivity contribution is 7.90. The molecule has 0 spiro atoms. The third-order valence-electron chi connectivity index (χ3n) is 6.82. The number of hydrogen-bond acceptors (Lipinski definition) is 5. The first kappa shape index (κ1) is 28.5. The van der Waals surface area contributed by atoms with E-state index in [0.29, 0.717) is 6.54 Å². The molecule has 6 nitrogen and oxygen atoms in total. The Kier molecular flexibility index (Phi) is 8.52. The molecule has 7 heteroatoms. The Bertz CT molecular complexity index is 1560. The predicted molar refractivity (Wildman–Crippen MR) is 158 cm³/mol. The summed E-state index contributed by atoms with van der Waals surface area (Å²) >= 11 is 0. The van der Waals surface area contributed by atoms with E-state index in [1.807, 2.05) is 43.3 Å². The van der Waals surface area contributed by atoms with Crippen LogP contribution in [0.4, 0.5) is 0 Å². The van der Waals surface area contributed by atoms with Crippen molar-refractivity contribution in [2.24, 2.45) is 0 Å². The predicted octanol–water partition coefficient (Wildman–Crippen LogP) is 6.26. The average Bonchev–Trinajstić information content (AvgIpc) is 2.87. The highest BCUT2D eigenvalue weighted by Crippen LogP contribution is 2.36. The van der Waals surface area contributed by atoms with Crippen molar-refractivity contribution in [2.45, 2.75) is 57.4 Å². The number of pyridine rings is 1. The summed E-state index contributed by atoms with van der Waals surface area (Å²) in [5.41, 5.74) is 6.95. The van der Waals surface area contributed by atoms with Gasteiger partial charge in [0, 0.05) is 23.7 Å². The van der Waals surface area contributed by atoms with Gasteiger partial charge in [0.05, 0.1) is 16.8 Å². The second-order valence-corrected chi connectivity index (χ2v) is 12.6. The zero-order chi connectivity index (χ0) is 28.3. The Balaban J connectivity index is 1.68. The van der Waals surface area contributed by atoms with Crippen molar-refractivity contribution in [3.05, 3.63) is 95.2 Å². The molecule has 0 saturated heterocycles. The standard InChI is InChI=1S/C32H37N3O3S/c1-21(2)28-17-25(27-11-7-9-24-10-8-16-33-32(24)27)18-29(22(3)4)30(28)19-31(36)34-39(37,38)26-14-12-23(13-15-26)20-35(5)6/h7-18,21-22H,19-20H2,1-6H3,(H,34,36). The number of amides is 1. The van der Waals surface area contributed by atoms with Crippen LogP contribution in [0.3, 0.4) is 0 Å². The monoisotopic (exact) mass is 543 g/mol. The molecule has 4 aromatic rings. The molecule has 3 aromatic carbocycles. The van der Waals surface area contributed by atoms with Crippen LogP contribution in [0.1, 0.15) is 61.8 Å². The third kappa shape index (κ3) is 6.54. The molecule has 1 heterocycles. The van der Waals surface area contributed by atoms with Gasteiger partial charge in [0.15, 0.2) is 0 Å². The number of para-hydroxylation sites is 1. The first-order valence-corrected chi connectivity index (χ1v) is 14.7. The minimum Gasteiger partial charge on any atom is -0.305 e. The van der Waals surface area contributed by atoms with E-state index in [0.717, 1.165) is 44.3 Å². The Morgan fingerprint density at radius 2 is 1.51 bits per heavy atom. The van der Waals surface area contributed by atoms with Gasteiger partial charge in [-0.3, -0.25) is 9.78 Å². The molecule has 0 fully saturated rings. The molecule has 0 atom stereocenters. The van der Waals surface area contributed by atoms with Crippen molar-refractivity contribution in [1.29, 1.82) is 0 Å². The highest BCUT2D eigenvalue weighted by atomic mass is 32.2. The maximum absolute atomic E-state index is 13.2. The molecule has 39 heavy (non-hydrogen) atoms. The number of hydrogen-bond donors (Lipinski definition) is 1. The maximum Gasteiger partial charge on any atom is 0.264 e. The molecule has 204 valence electrons. The number of aromatic nitrogens is 1. The van der Waals surface area contributed by atoms with Crippen molar-refractivity contribution in [3.8, 4) is 11.1 Å². The summed E-state index contributed by atoms with van der Waals surface area (Å²) in [4.78, 5) is 19.9. The van der Waals surface area contributed by atoms with Crippen LogP contribution < -0.4 is 4.72 Å². The molecule has 0 radical (unpaired) electrons. The normalized spacial score (nSPS) is 12.0. The SMILES string of the molecule is CC(C)c1cc(-c2cccc3cccnc23)cc(C(C)C)c1CC(=O)NS(=O)(=O)c1ccc(CN(C)C)cc1. The van der Waals surface area contributed by atoms with Gasteiger partial charge in [-0.15, -0.1) is 0 Å². The lowest BCUT2D eigenvalue weighted by atomic mass is 9.83. The lowest BCUT2D eigenvalue weighted by Gasteiger charge is -2.22. The lowest BCUT2D eigenvalue weighted by Crippen LogP contribution is -2.32. The van der Waals surface area contributed by atoms with Crippen LogP contribution in [0.15, 0.2) is 77.8 Å². The molecule has 0 unspecified atom stereocenters. The van der Waals surface area contributed by atoms with Gasteiger partial charge in [-0.25, -0.2) is 13.1 Å². The van der Waals surface area contributed by atoms with E-state index < -0.39 is 15.9 Å². The summed E-state index contributed by atoms with van der Waals surface area (Å²) in [6.45, 7) is 9.08. The minimum atomic E-state index is -3.99. The molecular weight excluding hydrogens is 506 g/mol.